The first kappa shape index (κ1) is 18.0. The van der Waals surface area contributed by atoms with Gasteiger partial charge in [0.2, 0.25) is 11.9 Å². The second kappa shape index (κ2) is 7.49. The van der Waals surface area contributed by atoms with Crippen LogP contribution >= 0.6 is 35.6 Å². The molecule has 2 aromatic rings. The highest BCUT2D eigenvalue weighted by molar-refractivity contribution is 6.35. The predicted molar refractivity (Wildman–Crippen MR) is 94.4 cm³/mol. The van der Waals surface area contributed by atoms with Gasteiger partial charge in [-0.05, 0) is 31.0 Å². The highest BCUT2D eigenvalue weighted by Gasteiger charge is 2.27. The first-order valence-corrected chi connectivity index (χ1v) is 7.68. The molecule has 1 atom stereocenters. The molecule has 2 heterocycles. The lowest BCUT2D eigenvalue weighted by Gasteiger charge is -2.23. The Bertz CT molecular complexity index is 700. The lowest BCUT2D eigenvalue weighted by Crippen LogP contribution is -2.33. The minimum atomic E-state index is 0. The molecule has 0 aliphatic carbocycles. The molecule has 3 rings (SSSR count). The van der Waals surface area contributed by atoms with Crippen molar-refractivity contribution in [3.8, 4) is 11.4 Å². The predicted octanol–water partition coefficient (Wildman–Crippen LogP) is 2.81. The quantitative estimate of drug-likeness (QED) is 0.856. The van der Waals surface area contributed by atoms with E-state index in [1.807, 2.05) is 4.90 Å². The molecule has 0 amide bonds. The number of rotatable bonds is 3. The van der Waals surface area contributed by atoms with Crippen LogP contribution < -0.4 is 10.6 Å². The SMILES string of the molecule is Cl.Nc1nc(-c2cc(Cl)ccc2Cl)nc(N2CCC[C@@H]2CO)n1. The summed E-state index contributed by atoms with van der Waals surface area (Å²) in [5, 5.41) is 10.5. The average Bonchev–Trinajstić information content (AvgIpc) is 2.97. The van der Waals surface area contributed by atoms with Crippen LogP contribution in [0.4, 0.5) is 11.9 Å². The fraction of sp³-hybridized carbons (Fsp3) is 0.357. The van der Waals surface area contributed by atoms with Crippen LogP contribution in [0, 0.1) is 0 Å². The number of halogens is 3. The van der Waals surface area contributed by atoms with Gasteiger partial charge in [0.15, 0.2) is 5.82 Å². The number of anilines is 2. The van der Waals surface area contributed by atoms with Crippen LogP contribution in [-0.2, 0) is 0 Å². The second-order valence-corrected chi connectivity index (χ2v) is 5.96. The van der Waals surface area contributed by atoms with Crippen LogP contribution in [-0.4, -0.2) is 39.3 Å². The fourth-order valence-electron chi connectivity index (χ4n) is 2.59. The standard InChI is InChI=1S/C14H15Cl2N5O.ClH/c15-8-3-4-11(16)10(6-8)12-18-13(17)20-14(19-12)21-5-1-2-9(21)7-22;/h3-4,6,9,22H,1-2,5,7H2,(H2,17,18,19,20);1H/t9-;/m1./s1. The molecule has 1 fully saturated rings. The number of nitrogens with zero attached hydrogens (tertiary/aromatic N) is 4. The van der Waals surface area contributed by atoms with Crippen molar-refractivity contribution in [2.45, 2.75) is 18.9 Å². The molecule has 0 bridgehead atoms. The molecule has 1 aliphatic heterocycles. The lowest BCUT2D eigenvalue weighted by atomic mass is 10.2. The van der Waals surface area contributed by atoms with Crippen LogP contribution in [0.1, 0.15) is 12.8 Å². The zero-order valence-electron chi connectivity index (χ0n) is 12.1. The van der Waals surface area contributed by atoms with Crippen molar-refractivity contribution in [3.05, 3.63) is 28.2 Å². The molecule has 124 valence electrons. The van der Waals surface area contributed by atoms with Crippen LogP contribution in [0.25, 0.3) is 11.4 Å². The van der Waals surface area contributed by atoms with Gasteiger partial charge < -0.3 is 15.7 Å². The van der Waals surface area contributed by atoms with Gasteiger partial charge in [0.25, 0.3) is 0 Å². The first-order chi connectivity index (χ1) is 10.6. The summed E-state index contributed by atoms with van der Waals surface area (Å²) >= 11 is 12.2. The van der Waals surface area contributed by atoms with Gasteiger partial charge in [-0.25, -0.2) is 0 Å². The van der Waals surface area contributed by atoms with E-state index in [1.54, 1.807) is 18.2 Å². The van der Waals surface area contributed by atoms with Crippen LogP contribution in [0.5, 0.6) is 0 Å². The summed E-state index contributed by atoms with van der Waals surface area (Å²) in [7, 11) is 0. The summed E-state index contributed by atoms with van der Waals surface area (Å²) in [5.41, 5.74) is 6.41. The molecular formula is C14H16Cl3N5O. The largest absolute Gasteiger partial charge is 0.394 e. The highest BCUT2D eigenvalue weighted by Crippen LogP contribution is 2.30. The molecule has 6 nitrogen and oxygen atoms in total. The summed E-state index contributed by atoms with van der Waals surface area (Å²) in [6.07, 6.45) is 1.87. The molecule has 1 aromatic carbocycles. The minimum absolute atomic E-state index is 0. The summed E-state index contributed by atoms with van der Waals surface area (Å²) in [6, 6.07) is 5.08. The maximum Gasteiger partial charge on any atom is 0.231 e. The number of aliphatic hydroxyl groups is 1. The molecule has 1 saturated heterocycles. The molecule has 3 N–H and O–H groups in total. The van der Waals surface area contributed by atoms with Crippen molar-refractivity contribution < 1.29 is 5.11 Å². The maximum atomic E-state index is 9.45. The monoisotopic (exact) mass is 375 g/mol. The van der Waals surface area contributed by atoms with Crippen molar-refractivity contribution in [1.29, 1.82) is 0 Å². The van der Waals surface area contributed by atoms with Gasteiger partial charge in [0.1, 0.15) is 0 Å². The van der Waals surface area contributed by atoms with Crippen LogP contribution in [0.2, 0.25) is 10.0 Å². The Hall–Kier alpha value is -1.34. The van der Waals surface area contributed by atoms with E-state index in [-0.39, 0.29) is 31.0 Å². The van der Waals surface area contributed by atoms with Crippen molar-refractivity contribution in [3.63, 3.8) is 0 Å². The van der Waals surface area contributed by atoms with Crippen molar-refractivity contribution >= 4 is 47.5 Å². The third kappa shape index (κ3) is 3.77. The molecule has 0 radical (unpaired) electrons. The molecule has 9 heteroatoms. The summed E-state index contributed by atoms with van der Waals surface area (Å²) in [6.45, 7) is 0.830. The number of nitrogen functional groups attached to an aromatic ring is 1. The van der Waals surface area contributed by atoms with Crippen molar-refractivity contribution in [1.82, 2.24) is 15.0 Å². The molecular weight excluding hydrogens is 361 g/mol. The second-order valence-electron chi connectivity index (χ2n) is 5.11. The average molecular weight is 377 g/mol. The summed E-state index contributed by atoms with van der Waals surface area (Å²) in [5.74, 6) is 0.938. The Balaban J connectivity index is 0.00000192. The van der Waals surface area contributed by atoms with Gasteiger partial charge in [-0.1, -0.05) is 23.2 Å². The van der Waals surface area contributed by atoms with E-state index in [4.69, 9.17) is 28.9 Å². The Morgan fingerprint density at radius 3 is 2.78 bits per heavy atom. The van der Waals surface area contributed by atoms with Crippen LogP contribution in [0.3, 0.4) is 0 Å². The normalized spacial score (nSPS) is 17.2. The van der Waals surface area contributed by atoms with Gasteiger partial charge in [-0.2, -0.15) is 15.0 Å². The first-order valence-electron chi connectivity index (χ1n) is 6.93. The van der Waals surface area contributed by atoms with Crippen LogP contribution in [0.15, 0.2) is 18.2 Å². The van der Waals surface area contributed by atoms with Crippen molar-refractivity contribution in [2.75, 3.05) is 23.8 Å². The Morgan fingerprint density at radius 2 is 2.04 bits per heavy atom. The number of hydrogen-bond donors (Lipinski definition) is 2. The number of benzene rings is 1. The van der Waals surface area contributed by atoms with E-state index in [2.05, 4.69) is 15.0 Å². The molecule has 0 saturated carbocycles. The van der Waals surface area contributed by atoms with E-state index in [0.717, 1.165) is 19.4 Å². The van der Waals surface area contributed by atoms with E-state index in [9.17, 15) is 5.11 Å². The molecule has 23 heavy (non-hydrogen) atoms. The van der Waals surface area contributed by atoms with E-state index in [1.165, 1.54) is 0 Å². The molecule has 1 aromatic heterocycles. The van der Waals surface area contributed by atoms with Crippen molar-refractivity contribution in [2.24, 2.45) is 0 Å². The fourth-order valence-corrected chi connectivity index (χ4v) is 2.96. The highest BCUT2D eigenvalue weighted by atomic mass is 35.5. The Labute approximate surface area is 150 Å². The number of aliphatic hydroxyl groups excluding tert-OH is 1. The maximum absolute atomic E-state index is 9.45. The zero-order chi connectivity index (χ0) is 15.7. The van der Waals surface area contributed by atoms with E-state index < -0.39 is 0 Å². The smallest absolute Gasteiger partial charge is 0.231 e. The third-order valence-electron chi connectivity index (χ3n) is 3.65. The Kier molecular flexibility index (Phi) is 5.86. The van der Waals surface area contributed by atoms with Gasteiger partial charge in [-0.3, -0.25) is 0 Å². The topological polar surface area (TPSA) is 88.2 Å². The molecule has 1 aliphatic rings. The van der Waals surface area contributed by atoms with Gasteiger partial charge in [0, 0.05) is 17.1 Å². The third-order valence-corrected chi connectivity index (χ3v) is 4.22. The minimum Gasteiger partial charge on any atom is -0.394 e. The summed E-state index contributed by atoms with van der Waals surface area (Å²) in [4.78, 5) is 14.7. The number of aromatic nitrogens is 3. The Morgan fingerprint density at radius 1 is 1.26 bits per heavy atom. The number of hydrogen-bond acceptors (Lipinski definition) is 6. The molecule has 0 unspecified atom stereocenters. The number of nitrogens with two attached hydrogens (primary N) is 1. The molecule has 0 spiro atoms. The zero-order valence-corrected chi connectivity index (χ0v) is 14.4. The lowest BCUT2D eigenvalue weighted by molar-refractivity contribution is 0.265. The van der Waals surface area contributed by atoms with Gasteiger partial charge in [0.05, 0.1) is 17.7 Å². The van der Waals surface area contributed by atoms with E-state index in [0.29, 0.717) is 27.4 Å². The van der Waals surface area contributed by atoms with Gasteiger partial charge >= 0.3 is 0 Å². The van der Waals surface area contributed by atoms with E-state index >= 15 is 0 Å². The van der Waals surface area contributed by atoms with Gasteiger partial charge in [-0.15, -0.1) is 12.4 Å². The summed E-state index contributed by atoms with van der Waals surface area (Å²) < 4.78 is 0.